The van der Waals surface area contributed by atoms with Crippen LogP contribution in [-0.2, 0) is 0 Å². The van der Waals surface area contributed by atoms with Crippen LogP contribution in [0.2, 0.25) is 5.02 Å². The molecule has 1 N–H and O–H groups in total. The third kappa shape index (κ3) is 1.58. The number of nitrogens with one attached hydrogen (secondary N) is 1. The van der Waals surface area contributed by atoms with Crippen LogP contribution in [0.15, 0.2) is 29.1 Å². The summed E-state index contributed by atoms with van der Waals surface area (Å²) in [7, 11) is 0. The van der Waals surface area contributed by atoms with Crippen molar-refractivity contribution in [1.82, 2.24) is 4.98 Å². The van der Waals surface area contributed by atoms with Gasteiger partial charge in [-0.25, -0.2) is 0 Å². The van der Waals surface area contributed by atoms with Gasteiger partial charge in [-0.2, -0.15) is 0 Å². The Morgan fingerprint density at radius 1 is 1.38 bits per heavy atom. The molecule has 0 saturated heterocycles. The highest BCUT2D eigenvalue weighted by Gasteiger charge is 2.03. The number of aromatic nitrogens is 1. The van der Waals surface area contributed by atoms with Crippen molar-refractivity contribution < 1.29 is 0 Å². The van der Waals surface area contributed by atoms with E-state index < -0.39 is 0 Å². The Balaban J connectivity index is 3.03. The Kier molecular flexibility index (Phi) is 2.29. The van der Waals surface area contributed by atoms with Gasteiger partial charge in [0.25, 0.3) is 5.56 Å². The summed E-state index contributed by atoms with van der Waals surface area (Å²) in [4.78, 5) is 14.2. The molecular weight excluding hydrogens is 300 g/mol. The number of fused-ring (bicyclic) bond motifs is 1. The summed E-state index contributed by atoms with van der Waals surface area (Å²) in [6, 6.07) is 7.31. The highest BCUT2D eigenvalue weighted by molar-refractivity contribution is 14.1. The number of benzene rings is 1. The summed E-state index contributed by atoms with van der Waals surface area (Å²) in [5.74, 6) is 0. The molecule has 0 aliphatic heterocycles. The smallest absolute Gasteiger partial charge is 0.258 e. The van der Waals surface area contributed by atoms with Crippen LogP contribution in [0.3, 0.4) is 0 Å². The fourth-order valence-corrected chi connectivity index (χ4v) is 2.09. The predicted octanol–water partition coefficient (Wildman–Crippen LogP) is 2.79. The molecule has 4 heteroatoms. The van der Waals surface area contributed by atoms with E-state index >= 15 is 0 Å². The van der Waals surface area contributed by atoms with Gasteiger partial charge in [0.2, 0.25) is 0 Å². The van der Waals surface area contributed by atoms with Crippen LogP contribution in [0.5, 0.6) is 0 Å². The van der Waals surface area contributed by atoms with Crippen LogP contribution in [0.25, 0.3) is 10.8 Å². The lowest BCUT2D eigenvalue weighted by Crippen LogP contribution is -2.07. The zero-order valence-electron chi connectivity index (χ0n) is 6.47. The third-order valence-electron chi connectivity index (χ3n) is 1.79. The first-order chi connectivity index (χ1) is 6.18. The van der Waals surface area contributed by atoms with E-state index in [2.05, 4.69) is 27.6 Å². The Morgan fingerprint density at radius 3 is 2.92 bits per heavy atom. The van der Waals surface area contributed by atoms with Crippen LogP contribution >= 0.6 is 34.2 Å². The van der Waals surface area contributed by atoms with E-state index in [9.17, 15) is 4.79 Å². The molecule has 2 rings (SSSR count). The molecule has 13 heavy (non-hydrogen) atoms. The fraction of sp³-hybridized carbons (Fsp3) is 0. The molecule has 0 unspecified atom stereocenters. The van der Waals surface area contributed by atoms with Crippen molar-refractivity contribution in [2.75, 3.05) is 0 Å². The number of H-pyrrole nitrogens is 1. The molecule has 0 spiro atoms. The lowest BCUT2D eigenvalue weighted by Gasteiger charge is -1.99. The first kappa shape index (κ1) is 9.02. The SMILES string of the molecule is O=c1[nH]c(I)cc2cccc(Cl)c12. The topological polar surface area (TPSA) is 32.9 Å². The minimum absolute atomic E-state index is 0.132. The van der Waals surface area contributed by atoms with Gasteiger partial charge in [0.05, 0.1) is 14.1 Å². The van der Waals surface area contributed by atoms with E-state index in [4.69, 9.17) is 11.6 Å². The standard InChI is InChI=1S/C9H5ClINO/c10-6-3-1-2-5-4-7(11)12-9(13)8(5)6/h1-4H,(H,12,13). The largest absolute Gasteiger partial charge is 0.317 e. The molecule has 0 fully saturated rings. The lowest BCUT2D eigenvalue weighted by molar-refractivity contribution is 1.23. The Hall–Kier alpha value is -0.550. The van der Waals surface area contributed by atoms with E-state index in [-0.39, 0.29) is 5.56 Å². The number of pyridine rings is 1. The van der Waals surface area contributed by atoms with Crippen LogP contribution in [0.1, 0.15) is 0 Å². The highest BCUT2D eigenvalue weighted by Crippen LogP contribution is 2.19. The average molecular weight is 306 g/mol. The molecule has 0 atom stereocenters. The molecule has 0 bridgehead atoms. The Labute approximate surface area is 93.1 Å². The summed E-state index contributed by atoms with van der Waals surface area (Å²) in [5, 5.41) is 1.93. The van der Waals surface area contributed by atoms with Gasteiger partial charge in [-0.1, -0.05) is 23.7 Å². The maximum atomic E-state index is 11.5. The van der Waals surface area contributed by atoms with Gasteiger partial charge in [-0.05, 0) is 40.1 Å². The highest BCUT2D eigenvalue weighted by atomic mass is 127. The molecule has 0 aliphatic rings. The quantitative estimate of drug-likeness (QED) is 0.589. The molecule has 66 valence electrons. The van der Waals surface area contributed by atoms with Crippen LogP contribution in [0, 0.1) is 3.70 Å². The van der Waals surface area contributed by atoms with Crippen molar-refractivity contribution in [2.45, 2.75) is 0 Å². The molecule has 0 amide bonds. The third-order valence-corrected chi connectivity index (χ3v) is 2.68. The minimum Gasteiger partial charge on any atom is -0.317 e. The van der Waals surface area contributed by atoms with Gasteiger partial charge >= 0.3 is 0 Å². The molecule has 2 nitrogen and oxygen atoms in total. The summed E-state index contributed by atoms with van der Waals surface area (Å²) in [5.41, 5.74) is -0.132. The molecule has 0 radical (unpaired) electrons. The average Bonchev–Trinajstić information content (AvgIpc) is 2.02. The zero-order chi connectivity index (χ0) is 9.42. The van der Waals surface area contributed by atoms with Crippen molar-refractivity contribution in [2.24, 2.45) is 0 Å². The molecule has 1 aromatic heterocycles. The number of halogens is 2. The van der Waals surface area contributed by atoms with Crippen molar-refractivity contribution in [1.29, 1.82) is 0 Å². The number of hydrogen-bond donors (Lipinski definition) is 1. The second-order valence-corrected chi connectivity index (χ2v) is 4.22. The van der Waals surface area contributed by atoms with Gasteiger partial charge in [-0.3, -0.25) is 4.79 Å². The zero-order valence-corrected chi connectivity index (χ0v) is 9.39. The van der Waals surface area contributed by atoms with Gasteiger partial charge < -0.3 is 4.98 Å². The number of rotatable bonds is 0. The molecular formula is C9H5ClINO. The normalized spacial score (nSPS) is 10.6. The van der Waals surface area contributed by atoms with E-state index in [0.717, 1.165) is 9.09 Å². The number of hydrogen-bond acceptors (Lipinski definition) is 1. The molecule has 1 aromatic carbocycles. The van der Waals surface area contributed by atoms with Crippen molar-refractivity contribution in [3.8, 4) is 0 Å². The predicted molar refractivity (Wildman–Crippen MR) is 62.3 cm³/mol. The maximum absolute atomic E-state index is 11.5. The minimum atomic E-state index is -0.132. The first-order valence-corrected chi connectivity index (χ1v) is 5.11. The van der Waals surface area contributed by atoms with Crippen LogP contribution in [0.4, 0.5) is 0 Å². The summed E-state index contributed by atoms with van der Waals surface area (Å²) >= 11 is 7.96. The first-order valence-electron chi connectivity index (χ1n) is 3.65. The van der Waals surface area contributed by atoms with Crippen molar-refractivity contribution >= 4 is 45.0 Å². The summed E-state index contributed by atoms with van der Waals surface area (Å²) in [6.45, 7) is 0. The van der Waals surface area contributed by atoms with Crippen LogP contribution in [-0.4, -0.2) is 4.98 Å². The monoisotopic (exact) mass is 305 g/mol. The summed E-state index contributed by atoms with van der Waals surface area (Å²) < 4.78 is 0.817. The van der Waals surface area contributed by atoms with E-state index in [1.54, 1.807) is 6.07 Å². The van der Waals surface area contributed by atoms with Gasteiger partial charge in [0, 0.05) is 0 Å². The second kappa shape index (κ2) is 3.31. The Morgan fingerprint density at radius 2 is 2.15 bits per heavy atom. The lowest BCUT2D eigenvalue weighted by atomic mass is 10.2. The summed E-state index contributed by atoms with van der Waals surface area (Å²) in [6.07, 6.45) is 0. The van der Waals surface area contributed by atoms with Crippen molar-refractivity contribution in [3.63, 3.8) is 0 Å². The van der Waals surface area contributed by atoms with E-state index in [0.29, 0.717) is 10.4 Å². The molecule has 0 saturated carbocycles. The van der Waals surface area contributed by atoms with E-state index in [1.807, 2.05) is 18.2 Å². The van der Waals surface area contributed by atoms with Crippen molar-refractivity contribution in [3.05, 3.63) is 43.3 Å². The maximum Gasteiger partial charge on any atom is 0.258 e. The van der Waals surface area contributed by atoms with Gasteiger partial charge in [-0.15, -0.1) is 0 Å². The molecule has 2 aromatic rings. The number of aromatic amines is 1. The van der Waals surface area contributed by atoms with E-state index in [1.165, 1.54) is 0 Å². The fourth-order valence-electron chi connectivity index (χ4n) is 1.24. The van der Waals surface area contributed by atoms with Gasteiger partial charge in [0.15, 0.2) is 0 Å². The molecule has 0 aliphatic carbocycles. The van der Waals surface area contributed by atoms with Gasteiger partial charge in [0.1, 0.15) is 0 Å². The van der Waals surface area contributed by atoms with Crippen LogP contribution < -0.4 is 5.56 Å². The Bertz CT molecular complexity index is 520. The second-order valence-electron chi connectivity index (χ2n) is 2.65. The molecule has 1 heterocycles.